The van der Waals surface area contributed by atoms with Gasteiger partial charge in [-0.1, -0.05) is 217 Å². The van der Waals surface area contributed by atoms with Crippen LogP contribution in [-0.2, 0) is 14.3 Å². The standard InChI is InChI=1S/C56H103NO5/c1-4-7-10-13-16-19-22-25-27-29-31-34-37-40-43-46-49-56(61)62-52(47-44-41-38-35-32-30-28-26-23-20-17-14-11-8-5-2)50-55(60)57-53(51-58)54(59)48-45-42-39-36-33-24-21-18-15-12-9-6-3/h17,20,26-29,32,35,52-54,58-59H,4-16,18-19,21-25,30-31,33-34,36-51H2,1-3H3,(H,57,60)/b20-17-,28-26-,29-27+,35-32-. The molecule has 0 heterocycles. The van der Waals surface area contributed by atoms with E-state index < -0.39 is 18.2 Å². The Labute approximate surface area is 385 Å². The summed E-state index contributed by atoms with van der Waals surface area (Å²) in [6.07, 6.45) is 60.3. The van der Waals surface area contributed by atoms with Crippen LogP contribution in [-0.4, -0.2) is 46.9 Å². The van der Waals surface area contributed by atoms with Gasteiger partial charge >= 0.3 is 5.97 Å². The quantitative estimate of drug-likeness (QED) is 0.0322. The Hall–Kier alpha value is -2.18. The minimum absolute atomic E-state index is 0.0493. The molecule has 0 radical (unpaired) electrons. The van der Waals surface area contributed by atoms with E-state index in [-0.39, 0.29) is 24.9 Å². The van der Waals surface area contributed by atoms with Crippen LogP contribution in [0.15, 0.2) is 48.6 Å². The minimum Gasteiger partial charge on any atom is -0.462 e. The number of amides is 1. The van der Waals surface area contributed by atoms with Crippen molar-refractivity contribution in [2.45, 2.75) is 289 Å². The van der Waals surface area contributed by atoms with Crippen LogP contribution in [0.2, 0.25) is 0 Å². The van der Waals surface area contributed by atoms with E-state index in [1.165, 1.54) is 148 Å². The average Bonchev–Trinajstić information content (AvgIpc) is 3.26. The fraction of sp³-hybridized carbons (Fsp3) is 0.821. The molecule has 62 heavy (non-hydrogen) atoms. The van der Waals surface area contributed by atoms with Gasteiger partial charge in [0.1, 0.15) is 6.10 Å². The number of unbranched alkanes of at least 4 members (excludes halogenated alkanes) is 28. The van der Waals surface area contributed by atoms with Crippen LogP contribution in [0.1, 0.15) is 271 Å². The van der Waals surface area contributed by atoms with Gasteiger partial charge in [-0.2, -0.15) is 0 Å². The number of nitrogens with one attached hydrogen (secondary N) is 1. The van der Waals surface area contributed by atoms with Gasteiger partial charge in [0.2, 0.25) is 5.91 Å². The molecule has 0 aliphatic carbocycles. The van der Waals surface area contributed by atoms with Crippen LogP contribution in [0.3, 0.4) is 0 Å². The van der Waals surface area contributed by atoms with Crippen molar-refractivity contribution in [2.24, 2.45) is 0 Å². The van der Waals surface area contributed by atoms with Crippen molar-refractivity contribution < 1.29 is 24.5 Å². The fourth-order valence-electron chi connectivity index (χ4n) is 8.02. The molecule has 6 nitrogen and oxygen atoms in total. The first kappa shape index (κ1) is 59.8. The van der Waals surface area contributed by atoms with Crippen molar-refractivity contribution >= 4 is 11.9 Å². The van der Waals surface area contributed by atoms with E-state index in [9.17, 15) is 19.8 Å². The maximum atomic E-state index is 13.2. The number of rotatable bonds is 48. The molecule has 0 aliphatic heterocycles. The van der Waals surface area contributed by atoms with Gasteiger partial charge in [0.15, 0.2) is 0 Å². The Kier molecular flexibility index (Phi) is 48.1. The van der Waals surface area contributed by atoms with Crippen LogP contribution in [0.25, 0.3) is 0 Å². The van der Waals surface area contributed by atoms with E-state index in [4.69, 9.17) is 4.74 Å². The molecule has 3 unspecified atom stereocenters. The van der Waals surface area contributed by atoms with Crippen molar-refractivity contribution in [3.05, 3.63) is 48.6 Å². The zero-order valence-electron chi connectivity index (χ0n) is 41.3. The number of allylic oxidation sites excluding steroid dienone is 8. The van der Waals surface area contributed by atoms with Crippen LogP contribution in [0.5, 0.6) is 0 Å². The number of hydrogen-bond donors (Lipinski definition) is 3. The van der Waals surface area contributed by atoms with Crippen LogP contribution in [0.4, 0.5) is 0 Å². The lowest BCUT2D eigenvalue weighted by Crippen LogP contribution is -2.46. The molecule has 3 atom stereocenters. The largest absolute Gasteiger partial charge is 0.462 e. The highest BCUT2D eigenvalue weighted by Crippen LogP contribution is 2.17. The van der Waals surface area contributed by atoms with Crippen molar-refractivity contribution in [3.8, 4) is 0 Å². The minimum atomic E-state index is -0.798. The maximum Gasteiger partial charge on any atom is 0.306 e. The summed E-state index contributed by atoms with van der Waals surface area (Å²) in [6.45, 7) is 6.45. The summed E-state index contributed by atoms with van der Waals surface area (Å²) in [7, 11) is 0. The first-order valence-electron chi connectivity index (χ1n) is 26.9. The lowest BCUT2D eigenvalue weighted by Gasteiger charge is -2.24. The molecule has 0 saturated carbocycles. The van der Waals surface area contributed by atoms with Gasteiger partial charge in [0.25, 0.3) is 0 Å². The number of hydrogen-bond acceptors (Lipinski definition) is 5. The van der Waals surface area contributed by atoms with Crippen molar-refractivity contribution in [1.29, 1.82) is 0 Å². The molecule has 1 amide bonds. The molecule has 0 aromatic heterocycles. The van der Waals surface area contributed by atoms with Gasteiger partial charge in [0, 0.05) is 6.42 Å². The third-order valence-corrected chi connectivity index (χ3v) is 12.1. The van der Waals surface area contributed by atoms with Gasteiger partial charge in [-0.25, -0.2) is 0 Å². The summed E-state index contributed by atoms with van der Waals surface area (Å²) >= 11 is 0. The predicted molar refractivity (Wildman–Crippen MR) is 269 cm³/mol. The molecular formula is C56H103NO5. The zero-order valence-corrected chi connectivity index (χ0v) is 41.3. The van der Waals surface area contributed by atoms with Crippen LogP contribution in [0, 0.1) is 0 Å². The Balaban J connectivity index is 4.65. The predicted octanol–water partition coefficient (Wildman–Crippen LogP) is 16.2. The molecule has 0 spiro atoms. The number of esters is 1. The van der Waals surface area contributed by atoms with Crippen LogP contribution >= 0.6 is 0 Å². The first-order valence-corrected chi connectivity index (χ1v) is 26.9. The van der Waals surface area contributed by atoms with Gasteiger partial charge in [-0.15, -0.1) is 0 Å². The first-order chi connectivity index (χ1) is 30.5. The second-order valence-corrected chi connectivity index (χ2v) is 18.3. The number of aliphatic hydroxyl groups is 2. The van der Waals surface area contributed by atoms with Crippen LogP contribution < -0.4 is 5.32 Å². The lowest BCUT2D eigenvalue weighted by atomic mass is 10.0. The molecule has 6 heteroatoms. The van der Waals surface area contributed by atoms with Gasteiger partial charge in [-0.3, -0.25) is 9.59 Å². The van der Waals surface area contributed by atoms with E-state index in [1.807, 2.05) is 0 Å². The smallest absolute Gasteiger partial charge is 0.306 e. The average molecular weight is 870 g/mol. The molecule has 3 N–H and O–H groups in total. The summed E-state index contributed by atoms with van der Waals surface area (Å²) in [5.41, 5.74) is 0. The second-order valence-electron chi connectivity index (χ2n) is 18.3. The Morgan fingerprint density at radius 3 is 1.31 bits per heavy atom. The molecule has 0 aromatic rings. The number of carbonyl (C=O) groups excluding carboxylic acids is 2. The zero-order chi connectivity index (χ0) is 45.2. The number of aliphatic hydroxyl groups excluding tert-OH is 2. The van der Waals surface area contributed by atoms with Gasteiger partial charge < -0.3 is 20.3 Å². The van der Waals surface area contributed by atoms with E-state index in [1.54, 1.807) is 0 Å². The summed E-state index contributed by atoms with van der Waals surface area (Å²) < 4.78 is 5.92. The second kappa shape index (κ2) is 49.8. The normalized spacial score (nSPS) is 13.6. The monoisotopic (exact) mass is 870 g/mol. The molecule has 0 rings (SSSR count). The van der Waals surface area contributed by atoms with E-state index >= 15 is 0 Å². The SMILES string of the molecule is CCCCC/C=C\C/C=C\C/C=C\CCCCC(CC(=O)NC(CO)C(O)CCCCCCCCCCCCCC)OC(=O)CCCCCCC/C=C/CCCCCCCCC. The highest BCUT2D eigenvalue weighted by atomic mass is 16.5. The lowest BCUT2D eigenvalue weighted by molar-refractivity contribution is -0.151. The van der Waals surface area contributed by atoms with E-state index in [0.29, 0.717) is 19.3 Å². The van der Waals surface area contributed by atoms with Crippen molar-refractivity contribution in [1.82, 2.24) is 5.32 Å². The molecule has 0 bridgehead atoms. The molecule has 0 saturated heterocycles. The van der Waals surface area contributed by atoms with Crippen molar-refractivity contribution in [3.63, 3.8) is 0 Å². The Morgan fingerprint density at radius 1 is 0.468 bits per heavy atom. The molecule has 362 valence electrons. The van der Waals surface area contributed by atoms with Crippen molar-refractivity contribution in [2.75, 3.05) is 6.61 Å². The molecule has 0 fully saturated rings. The molecule has 0 aromatic carbocycles. The summed E-state index contributed by atoms with van der Waals surface area (Å²) in [5.74, 6) is -0.515. The Bertz CT molecular complexity index is 1070. The van der Waals surface area contributed by atoms with E-state index in [2.05, 4.69) is 74.7 Å². The summed E-state index contributed by atoms with van der Waals surface area (Å²) in [4.78, 5) is 26.2. The molecular weight excluding hydrogens is 767 g/mol. The van der Waals surface area contributed by atoms with Gasteiger partial charge in [-0.05, 0) is 89.9 Å². The highest BCUT2D eigenvalue weighted by molar-refractivity contribution is 5.77. The fourth-order valence-corrected chi connectivity index (χ4v) is 8.02. The highest BCUT2D eigenvalue weighted by Gasteiger charge is 2.24. The number of carbonyl (C=O) groups is 2. The number of ether oxygens (including phenoxy) is 1. The third kappa shape index (κ3) is 44.4. The van der Waals surface area contributed by atoms with Gasteiger partial charge in [0.05, 0.1) is 25.2 Å². The van der Waals surface area contributed by atoms with E-state index in [0.717, 1.165) is 77.0 Å². The third-order valence-electron chi connectivity index (χ3n) is 12.1. The Morgan fingerprint density at radius 2 is 0.823 bits per heavy atom. The maximum absolute atomic E-state index is 13.2. The summed E-state index contributed by atoms with van der Waals surface area (Å²) in [5, 5.41) is 23.8. The topological polar surface area (TPSA) is 95.9 Å². The molecule has 0 aliphatic rings. The summed E-state index contributed by atoms with van der Waals surface area (Å²) in [6, 6.07) is -0.715.